The summed E-state index contributed by atoms with van der Waals surface area (Å²) in [5.74, 6) is -0.213. The molecule has 1 N–H and O–H groups in total. The molecule has 0 aliphatic carbocycles. The van der Waals surface area contributed by atoms with E-state index in [1.54, 1.807) is 35.9 Å². The van der Waals surface area contributed by atoms with Crippen molar-refractivity contribution in [3.8, 4) is 17.0 Å². The van der Waals surface area contributed by atoms with Crippen LogP contribution < -0.4 is 10.3 Å². The zero-order valence-electron chi connectivity index (χ0n) is 17.0. The molecule has 0 bridgehead atoms. The summed E-state index contributed by atoms with van der Waals surface area (Å²) < 4.78 is 8.28. The van der Waals surface area contributed by atoms with Crippen LogP contribution in [0.4, 0.5) is 0 Å². The molecule has 4 aromatic rings. The highest BCUT2D eigenvalue weighted by Gasteiger charge is 2.19. The van der Waals surface area contributed by atoms with Crippen LogP contribution in [-0.4, -0.2) is 32.5 Å². The van der Waals surface area contributed by atoms with Crippen LogP contribution in [0.2, 0.25) is 5.02 Å². The number of ether oxygens (including phenoxy) is 1. The Balaban J connectivity index is 1.83. The summed E-state index contributed by atoms with van der Waals surface area (Å²) in [5, 5.41) is 15.3. The second kappa shape index (κ2) is 8.28. The number of fused-ring (bicyclic) bond motifs is 1. The number of aromatic nitrogens is 3. The Labute approximate surface area is 183 Å². The first-order valence-corrected chi connectivity index (χ1v) is 9.97. The maximum Gasteiger partial charge on any atom is 0.323 e. The third-order valence-electron chi connectivity index (χ3n) is 5.19. The van der Waals surface area contributed by atoms with Gasteiger partial charge in [0.1, 0.15) is 12.3 Å². The molecule has 0 unspecified atom stereocenters. The Morgan fingerprint density at radius 3 is 2.55 bits per heavy atom. The van der Waals surface area contributed by atoms with Gasteiger partial charge < -0.3 is 14.4 Å². The van der Waals surface area contributed by atoms with E-state index in [4.69, 9.17) is 16.3 Å². The molecule has 0 amide bonds. The van der Waals surface area contributed by atoms with Crippen molar-refractivity contribution in [3.05, 3.63) is 81.2 Å². The van der Waals surface area contributed by atoms with Crippen molar-refractivity contribution in [1.29, 1.82) is 0 Å². The monoisotopic (exact) mass is 437 g/mol. The van der Waals surface area contributed by atoms with Crippen molar-refractivity contribution in [2.75, 3.05) is 7.11 Å². The first kappa shape index (κ1) is 20.7. The summed E-state index contributed by atoms with van der Waals surface area (Å²) in [6.45, 7) is 1.95. The molecule has 7 nitrogen and oxygen atoms in total. The van der Waals surface area contributed by atoms with Gasteiger partial charge in [-0.25, -0.2) is 4.68 Å². The molecule has 8 heteroatoms. The molecule has 0 saturated carbocycles. The normalized spacial score (nSPS) is 11.1. The van der Waals surface area contributed by atoms with Gasteiger partial charge in [0.25, 0.3) is 5.56 Å². The Morgan fingerprint density at radius 1 is 1.13 bits per heavy atom. The standard InChI is InChI=1S/C23H20ClN3O4/c1-14-23(18-11-16(24)5-9-20(18)26(14)13-22(29)30)19-8-10-21(28)27(25-19)12-15-3-6-17(31-2)7-4-15/h3-11H,12-13H2,1-2H3,(H,29,30). The molecule has 0 saturated heterocycles. The first-order valence-electron chi connectivity index (χ1n) is 9.59. The second-order valence-corrected chi connectivity index (χ2v) is 7.60. The van der Waals surface area contributed by atoms with Gasteiger partial charge in [0.05, 0.1) is 19.3 Å². The van der Waals surface area contributed by atoms with Crippen LogP contribution >= 0.6 is 11.6 Å². The van der Waals surface area contributed by atoms with Crippen LogP contribution in [0.15, 0.2) is 59.4 Å². The maximum absolute atomic E-state index is 12.5. The van der Waals surface area contributed by atoms with Crippen molar-refractivity contribution in [3.63, 3.8) is 0 Å². The highest BCUT2D eigenvalue weighted by Crippen LogP contribution is 2.35. The van der Waals surface area contributed by atoms with E-state index in [2.05, 4.69) is 5.10 Å². The number of carbonyl (C=O) groups is 1. The minimum absolute atomic E-state index is 0.185. The summed E-state index contributed by atoms with van der Waals surface area (Å²) >= 11 is 6.22. The topological polar surface area (TPSA) is 86.3 Å². The number of rotatable bonds is 6. The van der Waals surface area contributed by atoms with Gasteiger partial charge in [-0.05, 0) is 48.9 Å². The smallest absolute Gasteiger partial charge is 0.323 e. The Morgan fingerprint density at radius 2 is 1.87 bits per heavy atom. The minimum atomic E-state index is -0.945. The Bertz CT molecular complexity index is 1340. The molecule has 0 atom stereocenters. The van der Waals surface area contributed by atoms with E-state index in [0.717, 1.165) is 33.5 Å². The lowest BCUT2D eigenvalue weighted by molar-refractivity contribution is -0.137. The number of nitrogens with zero attached hydrogens (tertiary/aromatic N) is 3. The minimum Gasteiger partial charge on any atom is -0.497 e. The first-order chi connectivity index (χ1) is 14.9. The number of hydrogen-bond donors (Lipinski definition) is 1. The summed E-state index contributed by atoms with van der Waals surface area (Å²) in [6, 6.07) is 15.8. The van der Waals surface area contributed by atoms with Gasteiger partial charge in [-0.1, -0.05) is 23.7 Å². The average molecular weight is 438 g/mol. The largest absolute Gasteiger partial charge is 0.497 e. The van der Waals surface area contributed by atoms with Crippen molar-refractivity contribution >= 4 is 28.5 Å². The molecular formula is C23H20ClN3O4. The SMILES string of the molecule is COc1ccc(Cn2nc(-c3c(C)n(CC(=O)O)c4ccc(Cl)cc34)ccc2=O)cc1. The molecule has 4 rings (SSSR count). The summed E-state index contributed by atoms with van der Waals surface area (Å²) in [7, 11) is 1.60. The number of carboxylic acids is 1. The fourth-order valence-corrected chi connectivity index (χ4v) is 3.89. The molecule has 2 heterocycles. The highest BCUT2D eigenvalue weighted by atomic mass is 35.5. The highest BCUT2D eigenvalue weighted by molar-refractivity contribution is 6.31. The quantitative estimate of drug-likeness (QED) is 0.493. The van der Waals surface area contributed by atoms with E-state index in [-0.39, 0.29) is 12.1 Å². The number of aliphatic carboxylic acids is 1. The van der Waals surface area contributed by atoms with Crippen LogP contribution in [0, 0.1) is 6.92 Å². The van der Waals surface area contributed by atoms with Gasteiger partial charge >= 0.3 is 5.97 Å². The molecule has 0 aliphatic heterocycles. The van der Waals surface area contributed by atoms with Crippen molar-refractivity contribution in [2.24, 2.45) is 0 Å². The molecular weight excluding hydrogens is 418 g/mol. The number of benzene rings is 2. The summed E-state index contributed by atoms with van der Waals surface area (Å²) in [4.78, 5) is 23.9. The fraction of sp³-hybridized carbons (Fsp3) is 0.174. The molecule has 0 radical (unpaired) electrons. The lowest BCUT2D eigenvalue weighted by atomic mass is 10.1. The van der Waals surface area contributed by atoms with Crippen LogP contribution in [0.1, 0.15) is 11.3 Å². The molecule has 2 aromatic carbocycles. The average Bonchev–Trinajstić information content (AvgIpc) is 3.00. The van der Waals surface area contributed by atoms with E-state index in [9.17, 15) is 14.7 Å². The van der Waals surface area contributed by atoms with Gasteiger partial charge in [-0.2, -0.15) is 5.10 Å². The third-order valence-corrected chi connectivity index (χ3v) is 5.43. The van der Waals surface area contributed by atoms with Gasteiger partial charge in [-0.15, -0.1) is 0 Å². The molecule has 31 heavy (non-hydrogen) atoms. The van der Waals surface area contributed by atoms with Crippen LogP contribution in [0.5, 0.6) is 5.75 Å². The molecule has 0 aliphatic rings. The summed E-state index contributed by atoms with van der Waals surface area (Å²) in [5.41, 5.74) is 3.48. The van der Waals surface area contributed by atoms with Crippen molar-refractivity contribution < 1.29 is 14.6 Å². The van der Waals surface area contributed by atoms with E-state index < -0.39 is 5.97 Å². The maximum atomic E-state index is 12.5. The predicted molar refractivity (Wildman–Crippen MR) is 119 cm³/mol. The van der Waals surface area contributed by atoms with Gasteiger partial charge in [0, 0.05) is 33.2 Å². The van der Waals surface area contributed by atoms with Crippen LogP contribution in [0.25, 0.3) is 22.2 Å². The van der Waals surface area contributed by atoms with E-state index in [1.165, 1.54) is 10.7 Å². The fourth-order valence-electron chi connectivity index (χ4n) is 3.72. The Kier molecular flexibility index (Phi) is 5.52. The number of hydrogen-bond acceptors (Lipinski definition) is 4. The summed E-state index contributed by atoms with van der Waals surface area (Å²) in [6.07, 6.45) is 0. The second-order valence-electron chi connectivity index (χ2n) is 7.16. The molecule has 158 valence electrons. The van der Waals surface area contributed by atoms with Crippen LogP contribution in [-0.2, 0) is 17.9 Å². The molecule has 2 aromatic heterocycles. The zero-order chi connectivity index (χ0) is 22.1. The van der Waals surface area contributed by atoms with Gasteiger partial charge in [0.2, 0.25) is 0 Å². The number of carboxylic acid groups (broad SMARTS) is 1. The lowest BCUT2D eigenvalue weighted by Crippen LogP contribution is -2.22. The van der Waals surface area contributed by atoms with E-state index in [0.29, 0.717) is 17.3 Å². The Hall–Kier alpha value is -3.58. The van der Waals surface area contributed by atoms with Crippen molar-refractivity contribution in [1.82, 2.24) is 14.3 Å². The van der Waals surface area contributed by atoms with Crippen LogP contribution in [0.3, 0.4) is 0 Å². The number of halogens is 1. The van der Waals surface area contributed by atoms with Gasteiger partial charge in [-0.3, -0.25) is 9.59 Å². The zero-order valence-corrected chi connectivity index (χ0v) is 17.8. The predicted octanol–water partition coefficient (Wildman–Crippen LogP) is 3.97. The lowest BCUT2D eigenvalue weighted by Gasteiger charge is -2.09. The van der Waals surface area contributed by atoms with Crippen molar-refractivity contribution in [2.45, 2.75) is 20.0 Å². The number of methoxy groups -OCH3 is 1. The van der Waals surface area contributed by atoms with E-state index >= 15 is 0 Å². The van der Waals surface area contributed by atoms with Gasteiger partial charge in [0.15, 0.2) is 0 Å². The van der Waals surface area contributed by atoms with E-state index in [1.807, 2.05) is 31.2 Å². The third kappa shape index (κ3) is 4.04. The molecule has 0 fully saturated rings. The molecule has 0 spiro atoms.